The van der Waals surface area contributed by atoms with Crippen LogP contribution in [-0.2, 0) is 12.4 Å². The summed E-state index contributed by atoms with van der Waals surface area (Å²) in [5.41, 5.74) is -2.45. The number of H-pyrrole nitrogens is 1. The summed E-state index contributed by atoms with van der Waals surface area (Å²) in [6, 6.07) is 6.60. The quantitative estimate of drug-likeness (QED) is 0.327. The molecule has 5 nitrogen and oxygen atoms in total. The summed E-state index contributed by atoms with van der Waals surface area (Å²) >= 11 is 5.76. The Balaban J connectivity index is 1.80. The third kappa shape index (κ3) is 6.04. The smallest absolute Gasteiger partial charge is 0.435 e. The fraction of sp³-hybridized carbons (Fsp3) is 0.320. The minimum absolute atomic E-state index is 0.0458. The predicted molar refractivity (Wildman–Crippen MR) is 127 cm³/mol. The predicted octanol–water partition coefficient (Wildman–Crippen LogP) is 5.74. The monoisotopic (exact) mass is 542 g/mol. The van der Waals surface area contributed by atoms with Crippen LogP contribution in [0.25, 0.3) is 22.4 Å². The number of hydrogen-bond acceptors (Lipinski definition) is 4. The Morgan fingerprint density at radius 1 is 1.00 bits per heavy atom. The van der Waals surface area contributed by atoms with Gasteiger partial charge in [0.25, 0.3) is 0 Å². The Labute approximate surface area is 213 Å². The molecule has 1 fully saturated rings. The number of aromatic nitrogens is 2. The first-order valence-electron chi connectivity index (χ1n) is 11.1. The lowest BCUT2D eigenvalue weighted by atomic mass is 9.93. The van der Waals surface area contributed by atoms with Gasteiger partial charge in [-0.15, -0.1) is 0 Å². The highest BCUT2D eigenvalue weighted by molar-refractivity contribution is 6.31. The van der Waals surface area contributed by atoms with Crippen LogP contribution >= 0.6 is 11.6 Å². The van der Waals surface area contributed by atoms with Gasteiger partial charge in [0, 0.05) is 42.9 Å². The number of nitrogens with one attached hydrogen (secondary N) is 1. The minimum Gasteiger partial charge on any atom is -0.507 e. The van der Waals surface area contributed by atoms with Gasteiger partial charge < -0.3 is 10.0 Å². The van der Waals surface area contributed by atoms with Crippen molar-refractivity contribution in [2.75, 3.05) is 39.8 Å². The summed E-state index contributed by atoms with van der Waals surface area (Å²) in [5.74, 6) is 5.36. The summed E-state index contributed by atoms with van der Waals surface area (Å²) in [5, 5.41) is 16.0. The van der Waals surface area contributed by atoms with Gasteiger partial charge in [-0.2, -0.15) is 31.4 Å². The van der Waals surface area contributed by atoms with E-state index in [2.05, 4.69) is 31.8 Å². The number of piperazine rings is 1. The molecule has 1 aliphatic rings. The first-order valence-corrected chi connectivity index (χ1v) is 11.5. The number of nitrogens with zero attached hydrogens (tertiary/aromatic N) is 3. The Kier molecular flexibility index (Phi) is 7.46. The highest BCUT2D eigenvalue weighted by Gasteiger charge is 2.35. The lowest BCUT2D eigenvalue weighted by Gasteiger charge is -2.30. The molecule has 196 valence electrons. The van der Waals surface area contributed by atoms with Crippen LogP contribution in [0.2, 0.25) is 5.02 Å². The summed E-state index contributed by atoms with van der Waals surface area (Å²) in [4.78, 5) is 4.30. The Morgan fingerprint density at radius 3 is 2.32 bits per heavy atom. The molecular weight excluding hydrogens is 522 g/mol. The number of alkyl halides is 6. The molecule has 2 N–H and O–H groups in total. The van der Waals surface area contributed by atoms with Crippen LogP contribution in [-0.4, -0.2) is 64.9 Å². The van der Waals surface area contributed by atoms with Gasteiger partial charge in [0.15, 0.2) is 5.69 Å². The van der Waals surface area contributed by atoms with E-state index in [9.17, 15) is 31.4 Å². The minimum atomic E-state index is -4.77. The Bertz CT molecular complexity index is 1350. The highest BCUT2D eigenvalue weighted by atomic mass is 35.5. The van der Waals surface area contributed by atoms with Gasteiger partial charge in [-0.1, -0.05) is 29.5 Å². The number of phenolic OH excluding ortho intramolecular Hbond substituents is 1. The first-order chi connectivity index (χ1) is 17.3. The van der Waals surface area contributed by atoms with Crippen LogP contribution in [0.4, 0.5) is 26.3 Å². The molecule has 0 saturated carbocycles. The van der Waals surface area contributed by atoms with Crippen LogP contribution in [0.1, 0.15) is 16.8 Å². The van der Waals surface area contributed by atoms with Gasteiger partial charge >= 0.3 is 12.4 Å². The molecule has 2 heterocycles. The summed E-state index contributed by atoms with van der Waals surface area (Å²) < 4.78 is 79.7. The van der Waals surface area contributed by atoms with E-state index in [0.717, 1.165) is 38.3 Å². The van der Waals surface area contributed by atoms with Crippen molar-refractivity contribution in [3.63, 3.8) is 0 Å². The zero-order valence-electron chi connectivity index (χ0n) is 19.4. The van der Waals surface area contributed by atoms with Gasteiger partial charge in [0.1, 0.15) is 5.75 Å². The molecule has 3 aromatic rings. The van der Waals surface area contributed by atoms with E-state index in [1.807, 2.05) is 7.05 Å². The third-order valence-corrected chi connectivity index (χ3v) is 6.35. The van der Waals surface area contributed by atoms with E-state index >= 15 is 0 Å². The molecule has 4 rings (SSSR count). The Morgan fingerprint density at radius 2 is 1.70 bits per heavy atom. The molecule has 0 radical (unpaired) electrons. The topological polar surface area (TPSA) is 55.4 Å². The van der Waals surface area contributed by atoms with E-state index in [4.69, 9.17) is 11.6 Å². The molecule has 37 heavy (non-hydrogen) atoms. The van der Waals surface area contributed by atoms with Crippen molar-refractivity contribution in [1.82, 2.24) is 20.0 Å². The molecule has 0 unspecified atom stereocenters. The van der Waals surface area contributed by atoms with E-state index in [0.29, 0.717) is 12.6 Å². The van der Waals surface area contributed by atoms with Crippen molar-refractivity contribution in [1.29, 1.82) is 0 Å². The fourth-order valence-corrected chi connectivity index (χ4v) is 4.19. The molecule has 0 spiro atoms. The molecule has 1 aliphatic heterocycles. The van der Waals surface area contributed by atoms with Crippen LogP contribution in [0, 0.1) is 11.8 Å². The lowest BCUT2D eigenvalue weighted by Crippen LogP contribution is -2.44. The second-order valence-corrected chi connectivity index (χ2v) is 9.03. The molecule has 1 aromatic heterocycles. The van der Waals surface area contributed by atoms with Crippen molar-refractivity contribution in [2.24, 2.45) is 0 Å². The second kappa shape index (κ2) is 10.3. The van der Waals surface area contributed by atoms with Crippen LogP contribution in [0.5, 0.6) is 5.75 Å². The summed E-state index contributed by atoms with van der Waals surface area (Å²) in [6.45, 7) is 3.75. The zero-order chi connectivity index (χ0) is 27.0. The highest BCUT2D eigenvalue weighted by Crippen LogP contribution is 2.44. The van der Waals surface area contributed by atoms with E-state index in [1.165, 1.54) is 18.2 Å². The number of hydrogen-bond donors (Lipinski definition) is 2. The lowest BCUT2D eigenvalue weighted by molar-refractivity contribution is -0.141. The van der Waals surface area contributed by atoms with Gasteiger partial charge in [0.2, 0.25) is 0 Å². The van der Waals surface area contributed by atoms with Gasteiger partial charge in [-0.05, 0) is 42.9 Å². The van der Waals surface area contributed by atoms with Crippen molar-refractivity contribution in [3.05, 3.63) is 58.2 Å². The molecule has 2 aromatic carbocycles. The fourth-order valence-electron chi connectivity index (χ4n) is 3.96. The van der Waals surface area contributed by atoms with Gasteiger partial charge in [-0.3, -0.25) is 10.00 Å². The summed E-state index contributed by atoms with van der Waals surface area (Å²) in [7, 11) is 2.01. The van der Waals surface area contributed by atoms with Crippen molar-refractivity contribution < 1.29 is 31.4 Å². The maximum absolute atomic E-state index is 13.5. The maximum Gasteiger partial charge on any atom is 0.435 e. The molecule has 1 saturated heterocycles. The average Bonchev–Trinajstić information content (AvgIpc) is 3.31. The number of likely N-dealkylation sites (N-methyl/N-ethyl adjacent to an activating group) is 1. The third-order valence-electron chi connectivity index (χ3n) is 6.02. The number of benzene rings is 2. The normalized spacial score (nSPS) is 15.5. The molecular formula is C25H21ClF6N4O. The van der Waals surface area contributed by atoms with Crippen molar-refractivity contribution >= 4 is 11.6 Å². The standard InChI is InChI=1S/C25H21ClF6N4O/c1-35-9-11-36(12-10-35)8-2-3-15-4-6-17(20-14-21(34-33-20)25(30,31)32)23(37)22(15)16-5-7-19(26)18(13-16)24(27,28)29/h4-7,13-14,37H,8-12H2,1H3,(H,33,34). The Hall–Kier alpha value is -3.20. The van der Waals surface area contributed by atoms with Crippen LogP contribution < -0.4 is 0 Å². The van der Waals surface area contributed by atoms with E-state index in [-0.39, 0.29) is 27.9 Å². The molecule has 0 atom stereocenters. The second-order valence-electron chi connectivity index (χ2n) is 8.62. The summed E-state index contributed by atoms with van der Waals surface area (Å²) in [6.07, 6.45) is -9.49. The molecule has 0 amide bonds. The van der Waals surface area contributed by atoms with Crippen LogP contribution in [0.15, 0.2) is 36.4 Å². The van der Waals surface area contributed by atoms with Gasteiger partial charge in [0.05, 0.1) is 22.8 Å². The number of rotatable bonds is 3. The van der Waals surface area contributed by atoms with E-state index in [1.54, 1.807) is 0 Å². The van der Waals surface area contributed by atoms with Gasteiger partial charge in [-0.25, -0.2) is 0 Å². The van der Waals surface area contributed by atoms with Crippen LogP contribution in [0.3, 0.4) is 0 Å². The SMILES string of the molecule is CN1CCN(CC#Cc2ccc(-c3cc(C(F)(F)F)n[nH]3)c(O)c2-c2ccc(Cl)c(C(F)(F)F)c2)CC1. The molecule has 0 aliphatic carbocycles. The average molecular weight is 543 g/mol. The number of halogens is 7. The first kappa shape index (κ1) is 26.9. The molecule has 0 bridgehead atoms. The number of aromatic amines is 1. The van der Waals surface area contributed by atoms with E-state index < -0.39 is 34.4 Å². The number of phenols is 1. The van der Waals surface area contributed by atoms with Crippen molar-refractivity contribution in [3.8, 4) is 40.0 Å². The number of aromatic hydroxyl groups is 1. The zero-order valence-corrected chi connectivity index (χ0v) is 20.2. The van der Waals surface area contributed by atoms with Crippen molar-refractivity contribution in [2.45, 2.75) is 12.4 Å². The largest absolute Gasteiger partial charge is 0.507 e. The molecule has 12 heteroatoms. The maximum atomic E-state index is 13.5.